The Morgan fingerprint density at radius 3 is 2.29 bits per heavy atom. The van der Waals surface area contributed by atoms with Crippen molar-refractivity contribution in [3.8, 4) is 5.75 Å². The number of nitrogen functional groups attached to an aromatic ring is 1. The molecule has 0 saturated carbocycles. The zero-order valence-electron chi connectivity index (χ0n) is 9.33. The van der Waals surface area contributed by atoms with Gasteiger partial charge in [-0.05, 0) is 31.2 Å². The number of hydrogen-bond acceptors (Lipinski definition) is 3. The molecule has 0 amide bonds. The van der Waals surface area contributed by atoms with Crippen LogP contribution in [-0.4, -0.2) is 25.5 Å². The van der Waals surface area contributed by atoms with Gasteiger partial charge in [0, 0.05) is 5.69 Å². The molecule has 0 aliphatic carbocycles. The molecule has 0 heterocycles. The molecule has 3 nitrogen and oxygen atoms in total. The molecule has 1 aromatic carbocycles. The maximum atomic E-state index is 12.1. The van der Waals surface area contributed by atoms with Gasteiger partial charge in [0.15, 0.2) is 6.10 Å². The molecule has 0 fully saturated rings. The van der Waals surface area contributed by atoms with E-state index < -0.39 is 12.3 Å². The van der Waals surface area contributed by atoms with E-state index in [2.05, 4.69) is 4.74 Å². The minimum absolute atomic E-state index is 0.0599. The molecule has 1 aromatic rings. The number of halogens is 3. The Morgan fingerprint density at radius 1 is 1.18 bits per heavy atom. The molecule has 0 saturated heterocycles. The first-order valence-electron chi connectivity index (χ1n) is 5.06. The molecule has 0 aliphatic rings. The van der Waals surface area contributed by atoms with Crippen LogP contribution in [-0.2, 0) is 4.74 Å². The van der Waals surface area contributed by atoms with Crippen molar-refractivity contribution in [1.82, 2.24) is 0 Å². The number of ether oxygens (including phenoxy) is 2. The molecule has 0 aromatic heterocycles. The predicted octanol–water partition coefficient (Wildman–Crippen LogP) is 2.62. The fourth-order valence-corrected chi connectivity index (χ4v) is 1.04. The molecule has 6 heteroatoms. The highest BCUT2D eigenvalue weighted by atomic mass is 19.4. The summed E-state index contributed by atoms with van der Waals surface area (Å²) in [4.78, 5) is 0. The van der Waals surface area contributed by atoms with Crippen LogP contribution in [0.15, 0.2) is 24.3 Å². The summed E-state index contributed by atoms with van der Waals surface area (Å²) in [5.41, 5.74) is 6.06. The first-order valence-corrected chi connectivity index (χ1v) is 5.06. The Labute approximate surface area is 97.3 Å². The van der Waals surface area contributed by atoms with E-state index in [1.807, 2.05) is 0 Å². The number of rotatable bonds is 5. The van der Waals surface area contributed by atoms with Gasteiger partial charge in [0.1, 0.15) is 12.4 Å². The minimum atomic E-state index is -4.33. The number of alkyl halides is 3. The minimum Gasteiger partial charge on any atom is -0.491 e. The standard InChI is InChI=1S/C11H14F3NO2/c1-8(11(12,13)14)16-6-7-17-10-4-2-9(15)3-5-10/h2-5,8H,6-7,15H2,1H3. The van der Waals surface area contributed by atoms with Gasteiger partial charge in [-0.1, -0.05) is 0 Å². The van der Waals surface area contributed by atoms with Gasteiger partial charge in [0.2, 0.25) is 0 Å². The topological polar surface area (TPSA) is 44.5 Å². The normalized spacial score (nSPS) is 13.4. The van der Waals surface area contributed by atoms with Crippen molar-refractivity contribution in [2.75, 3.05) is 18.9 Å². The second-order valence-electron chi connectivity index (χ2n) is 3.47. The van der Waals surface area contributed by atoms with Crippen molar-refractivity contribution in [2.45, 2.75) is 19.2 Å². The molecule has 0 aliphatic heterocycles. The molecule has 17 heavy (non-hydrogen) atoms. The van der Waals surface area contributed by atoms with E-state index in [0.717, 1.165) is 6.92 Å². The fourth-order valence-electron chi connectivity index (χ4n) is 1.04. The highest BCUT2D eigenvalue weighted by Gasteiger charge is 2.36. The zero-order chi connectivity index (χ0) is 12.9. The van der Waals surface area contributed by atoms with E-state index in [1.165, 1.54) is 0 Å². The van der Waals surface area contributed by atoms with E-state index in [1.54, 1.807) is 24.3 Å². The van der Waals surface area contributed by atoms with Crippen LogP contribution in [0.3, 0.4) is 0 Å². The summed E-state index contributed by atoms with van der Waals surface area (Å²) in [7, 11) is 0. The Morgan fingerprint density at radius 2 is 1.76 bits per heavy atom. The van der Waals surface area contributed by atoms with Gasteiger partial charge < -0.3 is 15.2 Å². The maximum Gasteiger partial charge on any atom is 0.414 e. The highest BCUT2D eigenvalue weighted by molar-refractivity contribution is 5.41. The highest BCUT2D eigenvalue weighted by Crippen LogP contribution is 2.22. The van der Waals surface area contributed by atoms with Crippen LogP contribution in [0.25, 0.3) is 0 Å². The molecule has 96 valence electrons. The quantitative estimate of drug-likeness (QED) is 0.644. The van der Waals surface area contributed by atoms with Crippen molar-refractivity contribution in [3.63, 3.8) is 0 Å². The third-order valence-electron chi connectivity index (χ3n) is 2.06. The van der Waals surface area contributed by atoms with E-state index >= 15 is 0 Å². The summed E-state index contributed by atoms with van der Waals surface area (Å²) >= 11 is 0. The van der Waals surface area contributed by atoms with Crippen LogP contribution < -0.4 is 10.5 Å². The molecule has 0 spiro atoms. The Kier molecular flexibility index (Phi) is 4.62. The van der Waals surface area contributed by atoms with Crippen LogP contribution in [0.1, 0.15) is 6.92 Å². The fraction of sp³-hybridized carbons (Fsp3) is 0.455. The Bertz CT molecular complexity index is 338. The van der Waals surface area contributed by atoms with E-state index in [-0.39, 0.29) is 13.2 Å². The van der Waals surface area contributed by atoms with Crippen LogP contribution in [0, 0.1) is 0 Å². The predicted molar refractivity (Wildman–Crippen MR) is 57.8 cm³/mol. The van der Waals surface area contributed by atoms with Gasteiger partial charge >= 0.3 is 6.18 Å². The summed E-state index contributed by atoms with van der Waals surface area (Å²) in [5, 5.41) is 0. The summed E-state index contributed by atoms with van der Waals surface area (Å²) in [6.07, 6.45) is -6.11. The van der Waals surface area contributed by atoms with E-state index in [4.69, 9.17) is 10.5 Å². The summed E-state index contributed by atoms with van der Waals surface area (Å²) < 4.78 is 45.9. The van der Waals surface area contributed by atoms with Crippen molar-refractivity contribution < 1.29 is 22.6 Å². The lowest BCUT2D eigenvalue weighted by Crippen LogP contribution is -2.29. The van der Waals surface area contributed by atoms with Crippen molar-refractivity contribution in [2.24, 2.45) is 0 Å². The molecule has 0 bridgehead atoms. The summed E-state index contributed by atoms with van der Waals surface area (Å²) in [5.74, 6) is 0.544. The number of nitrogens with two attached hydrogens (primary N) is 1. The van der Waals surface area contributed by atoms with Crippen LogP contribution in [0.2, 0.25) is 0 Å². The molecule has 1 rings (SSSR count). The summed E-state index contributed by atoms with van der Waals surface area (Å²) in [6.45, 7) is 0.901. The first kappa shape index (κ1) is 13.6. The Hall–Kier alpha value is -1.43. The number of benzene rings is 1. The van der Waals surface area contributed by atoms with Crippen molar-refractivity contribution in [3.05, 3.63) is 24.3 Å². The molecule has 1 atom stereocenters. The zero-order valence-corrected chi connectivity index (χ0v) is 9.33. The lowest BCUT2D eigenvalue weighted by atomic mass is 10.3. The smallest absolute Gasteiger partial charge is 0.414 e. The summed E-state index contributed by atoms with van der Waals surface area (Å²) in [6, 6.07) is 6.58. The molecular weight excluding hydrogens is 235 g/mol. The Balaban J connectivity index is 2.23. The average molecular weight is 249 g/mol. The maximum absolute atomic E-state index is 12.1. The third-order valence-corrected chi connectivity index (χ3v) is 2.06. The van der Waals surface area contributed by atoms with E-state index in [9.17, 15) is 13.2 Å². The number of anilines is 1. The average Bonchev–Trinajstić information content (AvgIpc) is 2.25. The molecule has 1 unspecified atom stereocenters. The second-order valence-corrected chi connectivity index (χ2v) is 3.47. The van der Waals surface area contributed by atoms with Gasteiger partial charge in [-0.25, -0.2) is 0 Å². The van der Waals surface area contributed by atoms with Crippen LogP contribution in [0.4, 0.5) is 18.9 Å². The lowest BCUT2D eigenvalue weighted by molar-refractivity contribution is -0.215. The van der Waals surface area contributed by atoms with Crippen LogP contribution in [0.5, 0.6) is 5.75 Å². The van der Waals surface area contributed by atoms with Crippen LogP contribution >= 0.6 is 0 Å². The first-order chi connectivity index (χ1) is 7.89. The second kappa shape index (κ2) is 5.77. The largest absolute Gasteiger partial charge is 0.491 e. The molecular formula is C11H14F3NO2. The lowest BCUT2D eigenvalue weighted by Gasteiger charge is -2.16. The van der Waals surface area contributed by atoms with Crippen molar-refractivity contribution in [1.29, 1.82) is 0 Å². The monoisotopic (exact) mass is 249 g/mol. The van der Waals surface area contributed by atoms with Crippen molar-refractivity contribution >= 4 is 5.69 Å². The van der Waals surface area contributed by atoms with Gasteiger partial charge in [-0.3, -0.25) is 0 Å². The van der Waals surface area contributed by atoms with Gasteiger partial charge in [-0.15, -0.1) is 0 Å². The van der Waals surface area contributed by atoms with E-state index in [0.29, 0.717) is 11.4 Å². The van der Waals surface area contributed by atoms with Gasteiger partial charge in [-0.2, -0.15) is 13.2 Å². The molecule has 2 N–H and O–H groups in total. The third kappa shape index (κ3) is 4.95. The SMILES string of the molecule is CC(OCCOc1ccc(N)cc1)C(F)(F)F. The van der Waals surface area contributed by atoms with Gasteiger partial charge in [0.05, 0.1) is 6.61 Å². The number of hydrogen-bond donors (Lipinski definition) is 1. The van der Waals surface area contributed by atoms with Gasteiger partial charge in [0.25, 0.3) is 0 Å². The molecule has 0 radical (unpaired) electrons.